The van der Waals surface area contributed by atoms with Gasteiger partial charge in [-0.15, -0.1) is 6.58 Å². The lowest BCUT2D eigenvalue weighted by Gasteiger charge is -2.05. The summed E-state index contributed by atoms with van der Waals surface area (Å²) in [5.41, 5.74) is 0.124. The van der Waals surface area contributed by atoms with Crippen LogP contribution in [0.25, 0.3) is 0 Å². The zero-order valence-electron chi connectivity index (χ0n) is 9.43. The van der Waals surface area contributed by atoms with Crippen molar-refractivity contribution in [1.29, 1.82) is 0 Å². The summed E-state index contributed by atoms with van der Waals surface area (Å²) in [5, 5.41) is 10.2. The Morgan fingerprint density at radius 1 is 1.50 bits per heavy atom. The van der Waals surface area contributed by atoms with Crippen LogP contribution in [-0.4, -0.2) is 41.3 Å². The molecule has 0 radical (unpaired) electrons. The van der Waals surface area contributed by atoms with Crippen LogP contribution >= 0.6 is 0 Å². The van der Waals surface area contributed by atoms with Gasteiger partial charge in [0, 0.05) is 12.7 Å². The topological polar surface area (TPSA) is 113 Å². The molecule has 0 bridgehead atoms. The molecule has 3 amide bonds. The van der Waals surface area contributed by atoms with E-state index in [0.29, 0.717) is 0 Å². The maximum absolute atomic E-state index is 11.3. The maximum Gasteiger partial charge on any atom is 0.356 e. The number of imide groups is 1. The molecule has 3 N–H and O–H groups in total. The van der Waals surface area contributed by atoms with Gasteiger partial charge in [0.1, 0.15) is 5.69 Å². The quantitative estimate of drug-likeness (QED) is 0.486. The van der Waals surface area contributed by atoms with Crippen LogP contribution in [0.4, 0.5) is 4.79 Å². The number of H-pyrrole nitrogens is 1. The van der Waals surface area contributed by atoms with E-state index in [4.69, 9.17) is 0 Å². The van der Waals surface area contributed by atoms with Crippen molar-refractivity contribution in [2.75, 3.05) is 13.2 Å². The van der Waals surface area contributed by atoms with E-state index in [-0.39, 0.29) is 12.2 Å². The molecule has 18 heavy (non-hydrogen) atoms. The van der Waals surface area contributed by atoms with E-state index >= 15 is 0 Å². The van der Waals surface area contributed by atoms with Gasteiger partial charge in [0.05, 0.1) is 0 Å². The summed E-state index contributed by atoms with van der Waals surface area (Å²) in [4.78, 5) is 33.5. The Morgan fingerprint density at radius 3 is 2.89 bits per heavy atom. The van der Waals surface area contributed by atoms with Gasteiger partial charge in [0.25, 0.3) is 5.91 Å². The average molecular weight is 252 g/mol. The summed E-state index contributed by atoms with van der Waals surface area (Å²) in [6.45, 7) is 3.07. The van der Waals surface area contributed by atoms with Gasteiger partial charge >= 0.3 is 12.0 Å². The fraction of sp³-hybridized carbons (Fsp3) is 0.200. The first-order chi connectivity index (χ1) is 8.63. The van der Waals surface area contributed by atoms with Crippen molar-refractivity contribution in [3.8, 4) is 0 Å². The summed E-state index contributed by atoms with van der Waals surface area (Å²) < 4.78 is 4.63. The van der Waals surface area contributed by atoms with Crippen molar-refractivity contribution >= 4 is 17.9 Å². The zero-order valence-corrected chi connectivity index (χ0v) is 9.43. The molecule has 0 saturated carbocycles. The summed E-state index contributed by atoms with van der Waals surface area (Å²) in [7, 11) is 0. The molecule has 0 aromatic carbocycles. The van der Waals surface area contributed by atoms with Crippen molar-refractivity contribution in [2.24, 2.45) is 0 Å². The Hall–Kier alpha value is -2.64. The van der Waals surface area contributed by atoms with Gasteiger partial charge in [0.15, 0.2) is 6.61 Å². The molecule has 0 fully saturated rings. The summed E-state index contributed by atoms with van der Waals surface area (Å²) >= 11 is 0. The Morgan fingerprint density at radius 2 is 2.28 bits per heavy atom. The fourth-order valence-electron chi connectivity index (χ4n) is 0.950. The SMILES string of the molecule is C=CCNC(=O)NC(=O)COC(=O)c1ccn[nH]1. The molecule has 0 aliphatic heterocycles. The van der Waals surface area contributed by atoms with Crippen LogP contribution in [0.5, 0.6) is 0 Å². The van der Waals surface area contributed by atoms with Crippen molar-refractivity contribution in [1.82, 2.24) is 20.8 Å². The minimum Gasteiger partial charge on any atom is -0.451 e. The van der Waals surface area contributed by atoms with Gasteiger partial charge < -0.3 is 10.1 Å². The number of carbonyl (C=O) groups is 3. The zero-order chi connectivity index (χ0) is 13.4. The number of amides is 3. The molecule has 0 aliphatic rings. The first-order valence-corrected chi connectivity index (χ1v) is 4.98. The van der Waals surface area contributed by atoms with Gasteiger partial charge in [0.2, 0.25) is 0 Å². The fourth-order valence-corrected chi connectivity index (χ4v) is 0.950. The molecule has 1 aromatic rings. The molecule has 0 aliphatic carbocycles. The molecule has 1 heterocycles. The number of ether oxygens (including phenoxy) is 1. The van der Waals surface area contributed by atoms with E-state index in [1.807, 2.05) is 5.32 Å². The number of hydrogen-bond donors (Lipinski definition) is 3. The van der Waals surface area contributed by atoms with Crippen molar-refractivity contribution in [2.45, 2.75) is 0 Å². The molecule has 1 aromatic heterocycles. The van der Waals surface area contributed by atoms with E-state index in [1.165, 1.54) is 18.3 Å². The number of aromatic amines is 1. The average Bonchev–Trinajstić information content (AvgIpc) is 2.87. The number of nitrogens with zero attached hydrogens (tertiary/aromatic N) is 1. The van der Waals surface area contributed by atoms with Crippen LogP contribution in [-0.2, 0) is 9.53 Å². The Labute approximate surface area is 102 Å². The van der Waals surface area contributed by atoms with Gasteiger partial charge in [-0.1, -0.05) is 6.08 Å². The minimum atomic E-state index is -0.732. The Balaban J connectivity index is 2.27. The third kappa shape index (κ3) is 4.47. The molecule has 96 valence electrons. The second-order valence-electron chi connectivity index (χ2n) is 3.09. The highest BCUT2D eigenvalue weighted by atomic mass is 16.5. The van der Waals surface area contributed by atoms with Crippen LogP contribution in [0, 0.1) is 0 Å². The smallest absolute Gasteiger partial charge is 0.356 e. The van der Waals surface area contributed by atoms with E-state index in [9.17, 15) is 14.4 Å². The standard InChI is InChI=1S/C10H12N4O4/c1-2-4-11-10(17)13-8(15)6-18-9(16)7-3-5-12-14-7/h2-3,5H,1,4,6H2,(H,12,14)(H2,11,13,15,17). The van der Waals surface area contributed by atoms with Crippen LogP contribution < -0.4 is 10.6 Å². The third-order valence-corrected chi connectivity index (χ3v) is 1.71. The predicted molar refractivity (Wildman–Crippen MR) is 60.6 cm³/mol. The minimum absolute atomic E-state index is 0.124. The number of aromatic nitrogens is 2. The van der Waals surface area contributed by atoms with Gasteiger partial charge in [-0.05, 0) is 6.07 Å². The van der Waals surface area contributed by atoms with Crippen LogP contribution in [0.15, 0.2) is 24.9 Å². The van der Waals surface area contributed by atoms with Crippen molar-refractivity contribution in [3.63, 3.8) is 0 Å². The highest BCUT2D eigenvalue weighted by Gasteiger charge is 2.12. The van der Waals surface area contributed by atoms with Gasteiger partial charge in [-0.2, -0.15) is 5.10 Å². The number of rotatable bonds is 5. The van der Waals surface area contributed by atoms with Crippen LogP contribution in [0.3, 0.4) is 0 Å². The lowest BCUT2D eigenvalue weighted by atomic mass is 10.4. The molecule has 0 atom stereocenters. The molecular formula is C10H12N4O4. The third-order valence-electron chi connectivity index (χ3n) is 1.71. The van der Waals surface area contributed by atoms with Gasteiger partial charge in [-0.3, -0.25) is 15.2 Å². The van der Waals surface area contributed by atoms with Crippen molar-refractivity contribution in [3.05, 3.63) is 30.6 Å². The highest BCUT2D eigenvalue weighted by molar-refractivity contribution is 5.96. The normalized spacial score (nSPS) is 9.33. The van der Waals surface area contributed by atoms with E-state index in [1.54, 1.807) is 0 Å². The van der Waals surface area contributed by atoms with E-state index in [2.05, 4.69) is 26.8 Å². The summed E-state index contributed by atoms with van der Waals surface area (Å²) in [6, 6.07) is 0.717. The molecule has 0 spiro atoms. The largest absolute Gasteiger partial charge is 0.451 e. The second-order valence-corrected chi connectivity index (χ2v) is 3.09. The molecule has 8 nitrogen and oxygen atoms in total. The second kappa shape index (κ2) is 6.84. The molecule has 0 saturated heterocycles. The molecule has 1 rings (SSSR count). The van der Waals surface area contributed by atoms with Crippen LogP contribution in [0.1, 0.15) is 10.5 Å². The number of hydrogen-bond acceptors (Lipinski definition) is 5. The van der Waals surface area contributed by atoms with Gasteiger partial charge in [-0.25, -0.2) is 9.59 Å². The monoisotopic (exact) mass is 252 g/mol. The maximum atomic E-state index is 11.3. The van der Waals surface area contributed by atoms with E-state index in [0.717, 1.165) is 0 Å². The number of esters is 1. The van der Waals surface area contributed by atoms with Crippen LogP contribution in [0.2, 0.25) is 0 Å². The lowest BCUT2D eigenvalue weighted by Crippen LogP contribution is -2.41. The predicted octanol–water partition coefficient (Wildman–Crippen LogP) is -0.422. The lowest BCUT2D eigenvalue weighted by molar-refractivity contribution is -0.123. The molecular weight excluding hydrogens is 240 g/mol. The van der Waals surface area contributed by atoms with Crippen molar-refractivity contribution < 1.29 is 19.1 Å². The Bertz CT molecular complexity index is 441. The summed E-state index contributed by atoms with van der Waals surface area (Å²) in [5.74, 6) is -1.46. The molecule has 0 unspecified atom stereocenters. The number of carbonyl (C=O) groups excluding carboxylic acids is 3. The highest BCUT2D eigenvalue weighted by Crippen LogP contribution is 1.94. The molecule has 8 heteroatoms. The Kier molecular flexibility index (Phi) is 5.10. The van der Waals surface area contributed by atoms with E-state index < -0.39 is 24.5 Å². The number of nitrogens with one attached hydrogen (secondary N) is 3. The first-order valence-electron chi connectivity index (χ1n) is 4.98. The number of urea groups is 1. The first kappa shape index (κ1) is 13.4. The summed E-state index contributed by atoms with van der Waals surface area (Å²) in [6.07, 6.45) is 2.84.